The maximum absolute atomic E-state index is 14.9. The summed E-state index contributed by atoms with van der Waals surface area (Å²) in [5, 5.41) is 4.45. The van der Waals surface area contributed by atoms with Crippen LogP contribution in [0.4, 0.5) is 14.5 Å². The molecule has 0 aliphatic heterocycles. The van der Waals surface area contributed by atoms with Gasteiger partial charge in [-0.2, -0.15) is 0 Å². The van der Waals surface area contributed by atoms with Gasteiger partial charge in [-0.25, -0.2) is 19.3 Å². The van der Waals surface area contributed by atoms with Gasteiger partial charge < -0.3 is 5.32 Å². The van der Waals surface area contributed by atoms with Crippen LogP contribution in [-0.4, -0.2) is 28.2 Å². The van der Waals surface area contributed by atoms with E-state index < -0.39 is 5.82 Å². The minimum absolute atomic E-state index is 0.0251. The molecule has 160 valence electrons. The summed E-state index contributed by atoms with van der Waals surface area (Å²) in [7, 11) is 0.500. The van der Waals surface area contributed by atoms with Gasteiger partial charge in [0.2, 0.25) is 0 Å². The molecule has 0 amide bonds. The van der Waals surface area contributed by atoms with Crippen LogP contribution in [0.1, 0.15) is 45.1 Å². The van der Waals surface area contributed by atoms with Crippen molar-refractivity contribution < 1.29 is 8.78 Å². The molecule has 2 aromatic heterocycles. The van der Waals surface area contributed by atoms with Crippen LogP contribution in [0.5, 0.6) is 0 Å². The number of aryl methyl sites for hydroxylation is 1. The van der Waals surface area contributed by atoms with E-state index in [1.807, 2.05) is 33.8 Å². The number of fused-ring (bicyclic) bond motifs is 1. The summed E-state index contributed by atoms with van der Waals surface area (Å²) >= 11 is 6.53. The van der Waals surface area contributed by atoms with Crippen molar-refractivity contribution in [2.45, 2.75) is 46.6 Å². The summed E-state index contributed by atoms with van der Waals surface area (Å²) in [6, 6.07) is 3.31. The number of rotatable bonds is 5. The van der Waals surface area contributed by atoms with E-state index in [2.05, 4.69) is 26.8 Å². The van der Waals surface area contributed by atoms with Gasteiger partial charge in [0.1, 0.15) is 17.2 Å². The molecule has 0 saturated carbocycles. The van der Waals surface area contributed by atoms with Gasteiger partial charge in [0.15, 0.2) is 0 Å². The van der Waals surface area contributed by atoms with Gasteiger partial charge >= 0.3 is 0 Å². The zero-order valence-corrected chi connectivity index (χ0v) is 18.9. The Morgan fingerprint density at radius 1 is 1.10 bits per heavy atom. The average molecular weight is 433 g/mol. The predicted molar refractivity (Wildman–Crippen MR) is 121 cm³/mol. The fourth-order valence-corrected chi connectivity index (χ4v) is 3.05. The summed E-state index contributed by atoms with van der Waals surface area (Å²) < 4.78 is 24.4. The summed E-state index contributed by atoms with van der Waals surface area (Å²) in [5.74, 6) is 0.571. The highest BCUT2D eigenvalue weighted by molar-refractivity contribution is 6.35. The van der Waals surface area contributed by atoms with Crippen molar-refractivity contribution in [1.82, 2.24) is 15.0 Å². The molecule has 7 heteroatoms. The first-order valence-corrected chi connectivity index (χ1v) is 9.98. The predicted octanol–water partition coefficient (Wildman–Crippen LogP) is 6.88. The van der Waals surface area contributed by atoms with Gasteiger partial charge in [0.25, 0.3) is 0 Å². The van der Waals surface area contributed by atoms with Crippen molar-refractivity contribution in [1.29, 1.82) is 0 Å². The van der Waals surface area contributed by atoms with Crippen LogP contribution in [0, 0.1) is 12.7 Å². The topological polar surface area (TPSA) is 50.7 Å². The molecule has 3 aromatic rings. The number of benzene rings is 1. The highest BCUT2D eigenvalue weighted by Gasteiger charge is 2.18. The number of nitrogens with one attached hydrogen (secondary N) is 1. The van der Waals surface area contributed by atoms with Gasteiger partial charge in [-0.15, -0.1) is 0 Å². The highest BCUT2D eigenvalue weighted by Crippen LogP contribution is 2.37. The number of pyridine rings is 1. The monoisotopic (exact) mass is 432 g/mol. The molecule has 1 N–H and O–H groups in total. The molecule has 3 rings (SSSR count). The van der Waals surface area contributed by atoms with Crippen LogP contribution in [0.25, 0.3) is 22.0 Å². The lowest BCUT2D eigenvalue weighted by Gasteiger charge is -2.20. The SMILES string of the molecule is C=C(C)C(C)Nc1c(Cl)c(C)nc2c(F)cc(-c3cnc(C(C)C)nc3)cc12.CF. The Morgan fingerprint density at radius 3 is 2.23 bits per heavy atom. The lowest BCUT2D eigenvalue weighted by Crippen LogP contribution is -2.17. The molecule has 0 spiro atoms. The number of halogens is 3. The molecule has 4 nitrogen and oxygen atoms in total. The van der Waals surface area contributed by atoms with E-state index in [0.717, 1.165) is 17.0 Å². The molecule has 2 heterocycles. The maximum atomic E-state index is 14.9. The Balaban J connectivity index is 0.00000155. The van der Waals surface area contributed by atoms with E-state index in [1.165, 1.54) is 6.07 Å². The minimum atomic E-state index is -0.411. The second kappa shape index (κ2) is 9.94. The lowest BCUT2D eigenvalue weighted by atomic mass is 10.0. The Labute approximate surface area is 181 Å². The molecule has 1 atom stereocenters. The Kier molecular flexibility index (Phi) is 7.84. The zero-order valence-electron chi connectivity index (χ0n) is 18.1. The summed E-state index contributed by atoms with van der Waals surface area (Å²) in [6.45, 7) is 13.7. The molecule has 0 fully saturated rings. The Morgan fingerprint density at radius 2 is 1.70 bits per heavy atom. The fraction of sp³-hybridized carbons (Fsp3) is 0.348. The third kappa shape index (κ3) is 4.93. The first-order valence-electron chi connectivity index (χ1n) is 9.60. The first-order chi connectivity index (χ1) is 14.2. The lowest BCUT2D eigenvalue weighted by molar-refractivity contribution is 0.636. The van der Waals surface area contributed by atoms with Crippen LogP contribution in [-0.2, 0) is 0 Å². The third-order valence-electron chi connectivity index (χ3n) is 4.77. The van der Waals surface area contributed by atoms with E-state index in [9.17, 15) is 8.78 Å². The van der Waals surface area contributed by atoms with E-state index in [1.54, 1.807) is 19.3 Å². The fourth-order valence-electron chi connectivity index (χ4n) is 2.85. The van der Waals surface area contributed by atoms with Crippen LogP contribution in [0.15, 0.2) is 36.7 Å². The van der Waals surface area contributed by atoms with Gasteiger partial charge in [-0.3, -0.25) is 4.39 Å². The van der Waals surface area contributed by atoms with E-state index in [4.69, 9.17) is 11.6 Å². The van der Waals surface area contributed by atoms with Crippen LogP contribution in [0.3, 0.4) is 0 Å². The van der Waals surface area contributed by atoms with Gasteiger partial charge in [0.05, 0.1) is 23.6 Å². The van der Waals surface area contributed by atoms with Crippen molar-refractivity contribution in [3.63, 3.8) is 0 Å². The Hall–Kier alpha value is -2.60. The van der Waals surface area contributed by atoms with E-state index in [-0.39, 0.29) is 17.5 Å². The molecule has 1 aromatic carbocycles. The third-order valence-corrected chi connectivity index (χ3v) is 5.23. The molecule has 0 bridgehead atoms. The van der Waals surface area contributed by atoms with Crippen molar-refractivity contribution >= 4 is 28.2 Å². The Bertz CT molecular complexity index is 1050. The molecular weight excluding hydrogens is 406 g/mol. The summed E-state index contributed by atoms with van der Waals surface area (Å²) in [6.07, 6.45) is 3.44. The van der Waals surface area contributed by atoms with Crippen LogP contribution in [0.2, 0.25) is 5.02 Å². The second-order valence-electron chi connectivity index (χ2n) is 7.44. The quantitative estimate of drug-likeness (QED) is 0.446. The van der Waals surface area contributed by atoms with Crippen molar-refractivity contribution in [2.75, 3.05) is 12.5 Å². The summed E-state index contributed by atoms with van der Waals surface area (Å²) in [5.41, 5.74) is 3.87. The smallest absolute Gasteiger partial charge is 0.150 e. The normalized spacial score (nSPS) is 11.8. The van der Waals surface area contributed by atoms with Crippen LogP contribution < -0.4 is 5.32 Å². The molecular formula is C23H27ClF2N4. The molecule has 0 radical (unpaired) electrons. The second-order valence-corrected chi connectivity index (χ2v) is 7.82. The molecule has 0 saturated heterocycles. The van der Waals surface area contributed by atoms with Crippen molar-refractivity contribution in [2.24, 2.45) is 0 Å². The number of hydrogen-bond acceptors (Lipinski definition) is 4. The highest BCUT2D eigenvalue weighted by atomic mass is 35.5. The molecule has 1 unspecified atom stereocenters. The van der Waals surface area contributed by atoms with Gasteiger partial charge in [-0.05, 0) is 38.5 Å². The van der Waals surface area contributed by atoms with Crippen molar-refractivity contribution in [3.8, 4) is 11.1 Å². The summed E-state index contributed by atoms with van der Waals surface area (Å²) in [4.78, 5) is 13.1. The van der Waals surface area contributed by atoms with E-state index >= 15 is 0 Å². The number of aromatic nitrogens is 3. The largest absolute Gasteiger partial charge is 0.377 e. The van der Waals surface area contributed by atoms with Crippen molar-refractivity contribution in [3.05, 3.63) is 59.0 Å². The van der Waals surface area contributed by atoms with E-state index in [0.29, 0.717) is 34.5 Å². The number of anilines is 1. The van der Waals surface area contributed by atoms with Crippen LogP contribution >= 0.6 is 11.6 Å². The number of nitrogens with zero attached hydrogens (tertiary/aromatic N) is 3. The zero-order chi connectivity index (χ0) is 22.6. The maximum Gasteiger partial charge on any atom is 0.150 e. The average Bonchev–Trinajstić information content (AvgIpc) is 2.73. The van der Waals surface area contributed by atoms with Gasteiger partial charge in [-0.1, -0.05) is 37.6 Å². The van der Waals surface area contributed by atoms with Gasteiger partial charge in [0, 0.05) is 35.3 Å². The standard InChI is InChI=1S/C22H24ClFN4.CH3F/c1-11(2)13(5)27-21-17-7-15(16-9-25-22(12(3)4)26-10-16)8-18(24)20(17)28-14(6)19(21)23;1-2/h7-10,12-13H,1H2,2-6H3,(H,27,28);1H3. The number of hydrogen-bond donors (Lipinski definition) is 1. The number of alkyl halides is 1. The molecule has 0 aliphatic rings. The molecule has 0 aliphatic carbocycles. The minimum Gasteiger partial charge on any atom is -0.377 e. The first kappa shape index (κ1) is 23.7. The molecule has 30 heavy (non-hydrogen) atoms.